The molecule has 5 heteroatoms. The van der Waals surface area contributed by atoms with Gasteiger partial charge in [0.25, 0.3) is 5.91 Å². The highest BCUT2D eigenvalue weighted by atomic mass is 35.5. The van der Waals surface area contributed by atoms with Gasteiger partial charge in [0.1, 0.15) is 0 Å². The Kier molecular flexibility index (Phi) is 4.99. The zero-order chi connectivity index (χ0) is 14.0. The predicted molar refractivity (Wildman–Crippen MR) is 80.5 cm³/mol. The first kappa shape index (κ1) is 15.0. The van der Waals surface area contributed by atoms with Gasteiger partial charge in [-0.1, -0.05) is 36.0 Å². The second-order valence-electron chi connectivity index (χ2n) is 4.91. The Balaban J connectivity index is 2.15. The number of hydrogen-bond donors (Lipinski definition) is 0. The van der Waals surface area contributed by atoms with Crippen molar-refractivity contribution in [1.29, 1.82) is 0 Å². The molecule has 2 nitrogen and oxygen atoms in total. The molecule has 2 atom stereocenters. The van der Waals surface area contributed by atoms with Crippen LogP contribution in [0.4, 0.5) is 0 Å². The van der Waals surface area contributed by atoms with Gasteiger partial charge in [-0.3, -0.25) is 4.79 Å². The first-order valence-corrected chi connectivity index (χ1v) is 7.56. The Morgan fingerprint density at radius 2 is 1.89 bits per heavy atom. The lowest BCUT2D eigenvalue weighted by molar-refractivity contribution is 0.0700. The fourth-order valence-electron chi connectivity index (χ4n) is 2.49. The summed E-state index contributed by atoms with van der Waals surface area (Å²) in [5.41, 5.74) is 0.548. The summed E-state index contributed by atoms with van der Waals surface area (Å²) >= 11 is 18.1. The minimum atomic E-state index is -0.0592. The van der Waals surface area contributed by atoms with E-state index in [1.165, 1.54) is 0 Å². The van der Waals surface area contributed by atoms with Gasteiger partial charge in [0.15, 0.2) is 0 Å². The highest BCUT2D eigenvalue weighted by molar-refractivity contribution is 6.42. The second kappa shape index (κ2) is 6.34. The van der Waals surface area contributed by atoms with Gasteiger partial charge < -0.3 is 4.90 Å². The van der Waals surface area contributed by atoms with Crippen molar-refractivity contribution in [1.82, 2.24) is 4.90 Å². The number of rotatable bonds is 2. The van der Waals surface area contributed by atoms with Crippen molar-refractivity contribution in [3.8, 4) is 0 Å². The summed E-state index contributed by atoms with van der Waals surface area (Å²) in [4.78, 5) is 14.2. The summed E-state index contributed by atoms with van der Waals surface area (Å²) < 4.78 is 0. The molecule has 0 radical (unpaired) electrons. The predicted octanol–water partition coefficient (Wildman–Crippen LogP) is 4.62. The number of carbonyl (C=O) groups is 1. The molecular formula is C14H16Cl3NO. The summed E-state index contributed by atoms with van der Waals surface area (Å²) in [6.45, 7) is 0. The molecule has 1 aliphatic rings. The van der Waals surface area contributed by atoms with Crippen molar-refractivity contribution in [2.75, 3.05) is 7.05 Å². The van der Waals surface area contributed by atoms with E-state index in [2.05, 4.69) is 0 Å². The standard InChI is InChI=1S/C14H16Cl3NO/c1-18(13-5-3-2-4-11(13)16)14(19)9-6-7-10(15)12(17)8-9/h6-8,11,13H,2-5H2,1H3. The summed E-state index contributed by atoms with van der Waals surface area (Å²) in [5.74, 6) is -0.0592. The quantitative estimate of drug-likeness (QED) is 0.728. The van der Waals surface area contributed by atoms with Gasteiger partial charge in [-0.15, -0.1) is 11.6 Å². The third-order valence-corrected chi connectivity index (χ3v) is 4.88. The maximum Gasteiger partial charge on any atom is 0.253 e. The molecule has 1 amide bonds. The van der Waals surface area contributed by atoms with E-state index in [1.807, 2.05) is 0 Å². The molecule has 2 rings (SSSR count). The van der Waals surface area contributed by atoms with E-state index in [0.717, 1.165) is 25.7 Å². The second-order valence-corrected chi connectivity index (χ2v) is 6.29. The molecule has 0 bridgehead atoms. The van der Waals surface area contributed by atoms with E-state index in [9.17, 15) is 4.79 Å². The van der Waals surface area contributed by atoms with Crippen molar-refractivity contribution < 1.29 is 4.79 Å². The summed E-state index contributed by atoms with van der Waals surface area (Å²) in [6, 6.07) is 5.04. The fraction of sp³-hybridized carbons (Fsp3) is 0.500. The SMILES string of the molecule is CN(C(=O)c1ccc(Cl)c(Cl)c1)C1CCCCC1Cl. The van der Waals surface area contributed by atoms with Crippen LogP contribution in [0.2, 0.25) is 10.0 Å². The molecule has 0 spiro atoms. The van der Waals surface area contributed by atoms with Crippen LogP contribution < -0.4 is 0 Å². The molecule has 19 heavy (non-hydrogen) atoms. The average Bonchev–Trinajstić information content (AvgIpc) is 2.41. The Morgan fingerprint density at radius 3 is 2.53 bits per heavy atom. The number of halogens is 3. The van der Waals surface area contributed by atoms with Crippen molar-refractivity contribution in [3.05, 3.63) is 33.8 Å². The van der Waals surface area contributed by atoms with Crippen LogP contribution in [-0.2, 0) is 0 Å². The Hall–Kier alpha value is -0.440. The Bertz CT molecular complexity index is 478. The molecule has 1 aromatic carbocycles. The molecule has 104 valence electrons. The van der Waals surface area contributed by atoms with Gasteiger partial charge in [0.05, 0.1) is 15.4 Å². The van der Waals surface area contributed by atoms with E-state index in [4.69, 9.17) is 34.8 Å². The van der Waals surface area contributed by atoms with Gasteiger partial charge >= 0.3 is 0 Å². The molecule has 0 saturated heterocycles. The lowest BCUT2D eigenvalue weighted by Gasteiger charge is -2.35. The van der Waals surface area contributed by atoms with Crippen LogP contribution in [-0.4, -0.2) is 29.3 Å². The summed E-state index contributed by atoms with van der Waals surface area (Å²) in [5, 5.41) is 0.881. The van der Waals surface area contributed by atoms with Crippen molar-refractivity contribution in [2.45, 2.75) is 37.1 Å². The van der Waals surface area contributed by atoms with Crippen LogP contribution in [0.5, 0.6) is 0 Å². The van der Waals surface area contributed by atoms with Crippen molar-refractivity contribution >= 4 is 40.7 Å². The maximum absolute atomic E-state index is 12.4. The van der Waals surface area contributed by atoms with Gasteiger partial charge in [-0.25, -0.2) is 0 Å². The monoisotopic (exact) mass is 319 g/mol. The van der Waals surface area contributed by atoms with Gasteiger partial charge in [-0.05, 0) is 31.0 Å². The molecule has 0 N–H and O–H groups in total. The third-order valence-electron chi connectivity index (χ3n) is 3.63. The van der Waals surface area contributed by atoms with Crippen LogP contribution in [0.1, 0.15) is 36.0 Å². The molecule has 1 fully saturated rings. The molecule has 2 unspecified atom stereocenters. The number of nitrogens with zero attached hydrogens (tertiary/aromatic N) is 1. The fourth-order valence-corrected chi connectivity index (χ4v) is 3.23. The van der Waals surface area contributed by atoms with Gasteiger partial charge in [0.2, 0.25) is 0 Å². The Labute approximate surface area is 128 Å². The molecule has 1 aromatic rings. The summed E-state index contributed by atoms with van der Waals surface area (Å²) in [6.07, 6.45) is 4.18. The lowest BCUT2D eigenvalue weighted by atomic mass is 9.93. The van der Waals surface area contributed by atoms with Gasteiger partial charge in [0, 0.05) is 18.7 Å². The zero-order valence-corrected chi connectivity index (χ0v) is 13.0. The van der Waals surface area contributed by atoms with Crippen LogP contribution in [0.15, 0.2) is 18.2 Å². The molecule has 0 aliphatic heterocycles. The molecule has 0 aromatic heterocycles. The third kappa shape index (κ3) is 3.36. The minimum Gasteiger partial charge on any atom is -0.337 e. The molecule has 1 aliphatic carbocycles. The highest BCUT2D eigenvalue weighted by Gasteiger charge is 2.29. The Morgan fingerprint density at radius 1 is 1.21 bits per heavy atom. The van der Waals surface area contributed by atoms with Crippen LogP contribution >= 0.6 is 34.8 Å². The topological polar surface area (TPSA) is 20.3 Å². The van der Waals surface area contributed by atoms with Crippen LogP contribution in [0.25, 0.3) is 0 Å². The molecule has 1 saturated carbocycles. The zero-order valence-electron chi connectivity index (χ0n) is 10.7. The first-order chi connectivity index (χ1) is 9.00. The number of benzene rings is 1. The average molecular weight is 321 g/mol. The first-order valence-electron chi connectivity index (χ1n) is 6.37. The smallest absolute Gasteiger partial charge is 0.253 e. The number of hydrogen-bond acceptors (Lipinski definition) is 1. The van der Waals surface area contributed by atoms with E-state index in [-0.39, 0.29) is 17.3 Å². The maximum atomic E-state index is 12.4. The van der Waals surface area contributed by atoms with Crippen LogP contribution in [0.3, 0.4) is 0 Å². The van der Waals surface area contributed by atoms with E-state index < -0.39 is 0 Å². The molecule has 0 heterocycles. The van der Waals surface area contributed by atoms with Crippen LogP contribution in [0, 0.1) is 0 Å². The highest BCUT2D eigenvalue weighted by Crippen LogP contribution is 2.28. The summed E-state index contributed by atoms with van der Waals surface area (Å²) in [7, 11) is 1.80. The van der Waals surface area contributed by atoms with E-state index in [0.29, 0.717) is 15.6 Å². The van der Waals surface area contributed by atoms with Crippen molar-refractivity contribution in [3.63, 3.8) is 0 Å². The minimum absolute atomic E-state index is 0.0328. The van der Waals surface area contributed by atoms with Crippen molar-refractivity contribution in [2.24, 2.45) is 0 Å². The van der Waals surface area contributed by atoms with E-state index >= 15 is 0 Å². The van der Waals surface area contributed by atoms with E-state index in [1.54, 1.807) is 30.1 Å². The number of carbonyl (C=O) groups excluding carboxylic acids is 1. The number of amides is 1. The number of alkyl halides is 1. The largest absolute Gasteiger partial charge is 0.337 e. The molecular weight excluding hydrogens is 305 g/mol. The lowest BCUT2D eigenvalue weighted by Crippen LogP contribution is -2.44. The normalized spacial score (nSPS) is 23.2. The van der Waals surface area contributed by atoms with Gasteiger partial charge in [-0.2, -0.15) is 0 Å².